The second-order valence-corrected chi connectivity index (χ2v) is 11.6. The van der Waals surface area contributed by atoms with Gasteiger partial charge in [0.05, 0.1) is 44.0 Å². The van der Waals surface area contributed by atoms with Gasteiger partial charge >= 0.3 is 0 Å². The molecule has 222 valence electrons. The highest BCUT2D eigenvalue weighted by Crippen LogP contribution is 2.33. The topological polar surface area (TPSA) is 153 Å². The quantitative estimate of drug-likeness (QED) is 0.297. The normalized spacial score (nSPS) is 23.0. The number of hydrogen-bond acceptors (Lipinski definition) is 8. The first-order chi connectivity index (χ1) is 19.7. The van der Waals surface area contributed by atoms with Gasteiger partial charge in [-0.05, 0) is 43.9 Å². The Hall–Kier alpha value is -3.33. The van der Waals surface area contributed by atoms with Crippen molar-refractivity contribution in [3.63, 3.8) is 0 Å². The minimum Gasteiger partial charge on any atom is -0.379 e. The van der Waals surface area contributed by atoms with Crippen molar-refractivity contribution in [1.29, 1.82) is 5.26 Å². The molecule has 2 aliphatic heterocycles. The minimum absolute atomic E-state index is 0.148. The Labute approximate surface area is 241 Å². The van der Waals surface area contributed by atoms with Crippen LogP contribution in [0.15, 0.2) is 24.3 Å². The van der Waals surface area contributed by atoms with E-state index in [-0.39, 0.29) is 24.7 Å². The molecule has 0 aromatic heterocycles. The first kappa shape index (κ1) is 30.6. The van der Waals surface area contributed by atoms with Crippen LogP contribution in [0.2, 0.25) is 0 Å². The number of amides is 3. The lowest BCUT2D eigenvalue weighted by Gasteiger charge is -2.27. The second kappa shape index (κ2) is 14.0. The van der Waals surface area contributed by atoms with Gasteiger partial charge in [0.15, 0.2) is 5.78 Å². The summed E-state index contributed by atoms with van der Waals surface area (Å²) in [5.41, 5.74) is 0.335. The number of nitrogens with zero attached hydrogens (tertiary/aromatic N) is 2. The van der Waals surface area contributed by atoms with Crippen LogP contribution < -0.4 is 16.0 Å². The van der Waals surface area contributed by atoms with Gasteiger partial charge in [-0.25, -0.2) is 0 Å². The zero-order valence-electron chi connectivity index (χ0n) is 23.9. The predicted octanol–water partition coefficient (Wildman–Crippen LogP) is 0.846. The molecule has 41 heavy (non-hydrogen) atoms. The number of benzene rings is 1. The van der Waals surface area contributed by atoms with Gasteiger partial charge in [0, 0.05) is 19.5 Å². The number of ketones is 1. The third-order valence-corrected chi connectivity index (χ3v) is 8.17. The molecule has 4 atom stereocenters. The summed E-state index contributed by atoms with van der Waals surface area (Å²) in [6, 6.07) is 6.24. The van der Waals surface area contributed by atoms with Gasteiger partial charge in [-0.2, -0.15) is 5.26 Å². The van der Waals surface area contributed by atoms with Crippen LogP contribution in [0, 0.1) is 17.2 Å². The van der Waals surface area contributed by atoms with Gasteiger partial charge in [0.25, 0.3) is 0 Å². The predicted molar refractivity (Wildman–Crippen MR) is 150 cm³/mol. The average Bonchev–Trinajstić information content (AvgIpc) is 3.51. The van der Waals surface area contributed by atoms with E-state index in [4.69, 9.17) is 14.7 Å². The average molecular weight is 568 g/mol. The van der Waals surface area contributed by atoms with E-state index in [9.17, 15) is 19.2 Å². The van der Waals surface area contributed by atoms with Gasteiger partial charge in [0.2, 0.25) is 17.7 Å². The smallest absolute Gasteiger partial charge is 0.243 e. The van der Waals surface area contributed by atoms with E-state index in [0.29, 0.717) is 50.8 Å². The maximum Gasteiger partial charge on any atom is 0.243 e. The molecule has 3 amide bonds. The molecule has 0 radical (unpaired) electrons. The van der Waals surface area contributed by atoms with E-state index in [2.05, 4.69) is 22.0 Å². The number of carbonyl (C=O) groups is 4. The Morgan fingerprint density at radius 2 is 1.66 bits per heavy atom. The lowest BCUT2D eigenvalue weighted by Crippen LogP contribution is -2.57. The van der Waals surface area contributed by atoms with Crippen LogP contribution >= 0.6 is 0 Å². The third-order valence-electron chi connectivity index (χ3n) is 8.17. The molecule has 11 nitrogen and oxygen atoms in total. The number of rotatable bonds is 13. The van der Waals surface area contributed by atoms with Crippen molar-refractivity contribution in [3.8, 4) is 6.07 Å². The summed E-state index contributed by atoms with van der Waals surface area (Å²) in [4.78, 5) is 54.7. The number of nitriles is 1. The molecule has 3 aliphatic rings. The van der Waals surface area contributed by atoms with Gasteiger partial charge in [0.1, 0.15) is 17.7 Å². The van der Waals surface area contributed by atoms with Crippen molar-refractivity contribution < 1.29 is 28.7 Å². The van der Waals surface area contributed by atoms with Crippen molar-refractivity contribution >= 4 is 23.5 Å². The molecule has 0 spiro atoms. The zero-order chi connectivity index (χ0) is 29.4. The van der Waals surface area contributed by atoms with Crippen molar-refractivity contribution in [3.05, 3.63) is 35.4 Å². The van der Waals surface area contributed by atoms with Gasteiger partial charge in [-0.1, -0.05) is 37.8 Å². The Morgan fingerprint density at radius 3 is 2.27 bits per heavy atom. The molecule has 3 N–H and O–H groups in total. The summed E-state index contributed by atoms with van der Waals surface area (Å²) in [5, 5.41) is 17.6. The molecule has 0 unspecified atom stereocenters. The summed E-state index contributed by atoms with van der Waals surface area (Å²) in [5.74, 6) is -1.08. The van der Waals surface area contributed by atoms with Crippen LogP contribution in [0.3, 0.4) is 0 Å². The maximum absolute atomic E-state index is 13.7. The molecule has 0 bridgehead atoms. The number of morpholine rings is 1. The molecule has 2 heterocycles. The lowest BCUT2D eigenvalue weighted by atomic mass is 9.90. The largest absolute Gasteiger partial charge is 0.379 e. The minimum atomic E-state index is -0.999. The highest BCUT2D eigenvalue weighted by atomic mass is 16.6. The first-order valence-electron chi connectivity index (χ1n) is 14.5. The van der Waals surface area contributed by atoms with Crippen LogP contribution in [0.4, 0.5) is 0 Å². The van der Waals surface area contributed by atoms with Crippen molar-refractivity contribution in [1.82, 2.24) is 20.9 Å². The molecule has 1 aromatic rings. The van der Waals surface area contributed by atoms with Gasteiger partial charge < -0.3 is 25.4 Å². The lowest BCUT2D eigenvalue weighted by molar-refractivity contribution is -0.134. The van der Waals surface area contributed by atoms with E-state index in [1.807, 2.05) is 4.90 Å². The maximum atomic E-state index is 13.7. The summed E-state index contributed by atoms with van der Waals surface area (Å²) < 4.78 is 10.7. The molecule has 2 saturated heterocycles. The summed E-state index contributed by atoms with van der Waals surface area (Å²) in [7, 11) is 0. The van der Waals surface area contributed by atoms with Gasteiger partial charge in [-0.3, -0.25) is 24.1 Å². The second-order valence-electron chi connectivity index (χ2n) is 11.6. The van der Waals surface area contributed by atoms with Crippen LogP contribution in [0.5, 0.6) is 0 Å². The third kappa shape index (κ3) is 8.83. The first-order valence-corrected chi connectivity index (χ1v) is 14.5. The fraction of sp³-hybridized carbons (Fsp3) is 0.633. The standard InChI is InChI=1S/C30H41N5O6/c1-20(32-26(36)18-35-11-13-40-14-12-35)28(38)34-25(16-22-7-9-23(17-31)10-8-22)29(39)33-24(15-21-5-3-4-6-21)27(37)30(2)19-41-30/h7-10,20-21,24-25H,3-6,11-16,18-19H2,1-2H3,(H,32,36)(H,33,39)(H,34,38)/t20-,24-,25-,30-/m0/s1. The fourth-order valence-electron chi connectivity index (χ4n) is 5.47. The van der Waals surface area contributed by atoms with Crippen molar-refractivity contribution in [2.75, 3.05) is 39.5 Å². The van der Waals surface area contributed by atoms with Crippen LogP contribution in [0.1, 0.15) is 57.1 Å². The Kier molecular flexibility index (Phi) is 10.5. The number of nitrogens with one attached hydrogen (secondary N) is 3. The van der Waals surface area contributed by atoms with Crippen molar-refractivity contribution in [2.24, 2.45) is 5.92 Å². The Balaban J connectivity index is 1.44. The highest BCUT2D eigenvalue weighted by Gasteiger charge is 2.50. The van der Waals surface area contributed by atoms with Gasteiger partial charge in [-0.15, -0.1) is 0 Å². The number of epoxide rings is 1. The number of carbonyl (C=O) groups excluding carboxylic acids is 4. The molecule has 3 fully saturated rings. The SMILES string of the molecule is C[C@H](NC(=O)CN1CCOCC1)C(=O)N[C@@H](Cc1ccc(C#N)cc1)C(=O)N[C@@H](CC1CCCC1)C(=O)[C@]1(C)CO1. The fourth-order valence-corrected chi connectivity index (χ4v) is 5.47. The molecular weight excluding hydrogens is 526 g/mol. The number of ether oxygens (including phenoxy) is 2. The van der Waals surface area contributed by atoms with E-state index in [0.717, 1.165) is 31.2 Å². The molecular formula is C30H41N5O6. The molecule has 4 rings (SSSR count). The molecule has 1 saturated carbocycles. The molecule has 11 heteroatoms. The van der Waals surface area contributed by atoms with Crippen LogP contribution in [0.25, 0.3) is 0 Å². The van der Waals surface area contributed by atoms with E-state index in [1.54, 1.807) is 38.1 Å². The van der Waals surface area contributed by atoms with E-state index < -0.39 is 35.5 Å². The Bertz CT molecular complexity index is 1130. The van der Waals surface area contributed by atoms with E-state index >= 15 is 0 Å². The van der Waals surface area contributed by atoms with Crippen LogP contribution in [-0.2, 0) is 35.1 Å². The monoisotopic (exact) mass is 567 g/mol. The van der Waals surface area contributed by atoms with Crippen LogP contribution in [-0.4, -0.2) is 91.6 Å². The molecule has 1 aromatic carbocycles. The highest BCUT2D eigenvalue weighted by molar-refractivity contribution is 5.98. The summed E-state index contributed by atoms with van der Waals surface area (Å²) in [6.45, 7) is 6.20. The zero-order valence-corrected chi connectivity index (χ0v) is 23.9. The molecule has 1 aliphatic carbocycles. The van der Waals surface area contributed by atoms with Crippen molar-refractivity contribution in [2.45, 2.75) is 76.1 Å². The van der Waals surface area contributed by atoms with E-state index in [1.165, 1.54) is 0 Å². The summed E-state index contributed by atoms with van der Waals surface area (Å²) in [6.07, 6.45) is 4.94. The summed E-state index contributed by atoms with van der Waals surface area (Å²) >= 11 is 0. The Morgan fingerprint density at radius 1 is 1.02 bits per heavy atom. The number of hydrogen-bond donors (Lipinski definition) is 3. The number of Topliss-reactive ketones (excluding diaryl/α,β-unsaturated/α-hetero) is 1.